The maximum absolute atomic E-state index is 14.1. The van der Waals surface area contributed by atoms with Gasteiger partial charge in [0.1, 0.15) is 17.7 Å². The molecule has 0 radical (unpaired) electrons. The van der Waals surface area contributed by atoms with Crippen molar-refractivity contribution < 1.29 is 27.6 Å². The number of likely N-dealkylation sites (tertiary alicyclic amines) is 1. The Morgan fingerprint density at radius 3 is 2.70 bits per heavy atom. The zero-order valence-electron chi connectivity index (χ0n) is 16.4. The van der Waals surface area contributed by atoms with Gasteiger partial charge >= 0.3 is 0 Å². The minimum Gasteiger partial charge on any atom is -0.493 e. The van der Waals surface area contributed by atoms with Crippen molar-refractivity contribution in [2.75, 3.05) is 14.2 Å². The Kier molecular flexibility index (Phi) is 5.35. The second-order valence-electron chi connectivity index (χ2n) is 6.84. The number of aromatic nitrogens is 2. The highest BCUT2D eigenvalue weighted by Gasteiger charge is 2.36. The number of methoxy groups -OCH3 is 2. The molecule has 1 amide bonds. The Bertz CT molecular complexity index is 1090. The van der Waals surface area contributed by atoms with Crippen LogP contribution in [0.5, 0.6) is 11.5 Å². The summed E-state index contributed by atoms with van der Waals surface area (Å²) in [6.07, 6.45) is 0.707. The van der Waals surface area contributed by atoms with Crippen molar-refractivity contribution in [2.24, 2.45) is 0 Å². The van der Waals surface area contributed by atoms with Gasteiger partial charge in [-0.3, -0.25) is 4.79 Å². The predicted molar refractivity (Wildman–Crippen MR) is 102 cm³/mol. The molecular formula is C21H19F2N3O4. The first-order chi connectivity index (χ1) is 14.5. The highest BCUT2D eigenvalue weighted by atomic mass is 19.1. The number of hydrogen-bond donors (Lipinski definition) is 0. The summed E-state index contributed by atoms with van der Waals surface area (Å²) in [5.74, 6) is 0.309. The monoisotopic (exact) mass is 415 g/mol. The van der Waals surface area contributed by atoms with Crippen LogP contribution < -0.4 is 9.47 Å². The van der Waals surface area contributed by atoms with Crippen LogP contribution in [0.4, 0.5) is 8.78 Å². The molecule has 0 bridgehead atoms. The van der Waals surface area contributed by atoms with E-state index in [1.807, 2.05) is 0 Å². The summed E-state index contributed by atoms with van der Waals surface area (Å²) in [5.41, 5.74) is 0.740. The normalized spacial score (nSPS) is 16.2. The topological polar surface area (TPSA) is 77.7 Å². The second-order valence-corrected chi connectivity index (χ2v) is 6.84. The lowest BCUT2D eigenvalue weighted by Crippen LogP contribution is -2.27. The van der Waals surface area contributed by atoms with Gasteiger partial charge in [0.15, 0.2) is 11.5 Å². The summed E-state index contributed by atoms with van der Waals surface area (Å²) in [6.45, 7) is -0.0822. The zero-order valence-corrected chi connectivity index (χ0v) is 16.4. The van der Waals surface area contributed by atoms with Crippen LogP contribution in [0.3, 0.4) is 0 Å². The molecule has 2 heterocycles. The quantitative estimate of drug-likeness (QED) is 0.608. The molecule has 3 aromatic rings. The van der Waals surface area contributed by atoms with Crippen molar-refractivity contribution in [2.45, 2.75) is 25.4 Å². The summed E-state index contributed by atoms with van der Waals surface area (Å²) >= 11 is 0. The van der Waals surface area contributed by atoms with Gasteiger partial charge in [0.05, 0.1) is 14.2 Å². The molecule has 1 fully saturated rings. The number of hydrogen-bond acceptors (Lipinski definition) is 6. The lowest BCUT2D eigenvalue weighted by Gasteiger charge is -2.22. The van der Waals surface area contributed by atoms with Gasteiger partial charge in [0.25, 0.3) is 0 Å². The van der Waals surface area contributed by atoms with Crippen molar-refractivity contribution in [3.05, 3.63) is 59.5 Å². The molecule has 2 aromatic carbocycles. The van der Waals surface area contributed by atoms with Crippen LogP contribution in [0, 0.1) is 11.6 Å². The SMILES string of the molecule is COc1ccc(-c2noc(C3CCC(=O)N3Cc3cc(F)ccc3F)n2)cc1OC. The molecule has 1 aliphatic heterocycles. The number of carbonyl (C=O) groups excluding carboxylic acids is 1. The summed E-state index contributed by atoms with van der Waals surface area (Å²) in [5, 5.41) is 4.01. The summed E-state index contributed by atoms with van der Waals surface area (Å²) in [4.78, 5) is 18.2. The first-order valence-electron chi connectivity index (χ1n) is 9.29. The fourth-order valence-electron chi connectivity index (χ4n) is 3.50. The Balaban J connectivity index is 1.60. The van der Waals surface area contributed by atoms with E-state index in [1.165, 1.54) is 19.1 Å². The number of nitrogens with zero attached hydrogens (tertiary/aromatic N) is 3. The van der Waals surface area contributed by atoms with Crippen LogP contribution in [0.2, 0.25) is 0 Å². The molecule has 156 valence electrons. The summed E-state index contributed by atoms with van der Waals surface area (Å²) in [6, 6.07) is 7.85. The standard InChI is InChI=1S/C21H19F2N3O4/c1-28-17-7-3-12(10-18(17)29-2)20-24-21(30-25-20)16-6-8-19(27)26(16)11-13-9-14(22)4-5-15(13)23/h3-5,7,9-10,16H,6,8,11H2,1-2H3. The average Bonchev–Trinajstić information content (AvgIpc) is 3.37. The molecule has 1 aliphatic rings. The molecule has 0 spiro atoms. The van der Waals surface area contributed by atoms with E-state index in [2.05, 4.69) is 10.1 Å². The van der Waals surface area contributed by atoms with Crippen molar-refractivity contribution >= 4 is 5.91 Å². The fourth-order valence-corrected chi connectivity index (χ4v) is 3.50. The van der Waals surface area contributed by atoms with Crippen LogP contribution in [0.1, 0.15) is 30.3 Å². The second kappa shape index (κ2) is 8.10. The van der Waals surface area contributed by atoms with Crippen LogP contribution >= 0.6 is 0 Å². The van der Waals surface area contributed by atoms with Gasteiger partial charge in [-0.25, -0.2) is 8.78 Å². The highest BCUT2D eigenvalue weighted by Crippen LogP contribution is 2.36. The largest absolute Gasteiger partial charge is 0.493 e. The van der Waals surface area contributed by atoms with Gasteiger partial charge in [0, 0.05) is 24.1 Å². The third-order valence-corrected chi connectivity index (χ3v) is 5.05. The molecule has 1 unspecified atom stereocenters. The molecule has 1 aromatic heterocycles. The van der Waals surface area contributed by atoms with Gasteiger partial charge in [0.2, 0.25) is 17.6 Å². The molecular weight excluding hydrogens is 396 g/mol. The third kappa shape index (κ3) is 3.70. The first-order valence-corrected chi connectivity index (χ1v) is 9.29. The van der Waals surface area contributed by atoms with Crippen LogP contribution in [0.25, 0.3) is 11.4 Å². The van der Waals surface area contributed by atoms with Gasteiger partial charge < -0.3 is 18.9 Å². The molecule has 0 N–H and O–H groups in total. The number of halogens is 2. The average molecular weight is 415 g/mol. The Hall–Kier alpha value is -3.49. The lowest BCUT2D eigenvalue weighted by atomic mass is 10.1. The van der Waals surface area contributed by atoms with E-state index in [0.29, 0.717) is 29.3 Å². The Morgan fingerprint density at radius 2 is 1.93 bits per heavy atom. The summed E-state index contributed by atoms with van der Waals surface area (Å²) < 4.78 is 43.5. The highest BCUT2D eigenvalue weighted by molar-refractivity contribution is 5.79. The number of rotatable bonds is 6. The van der Waals surface area contributed by atoms with Gasteiger partial charge in [-0.1, -0.05) is 5.16 Å². The third-order valence-electron chi connectivity index (χ3n) is 5.05. The molecule has 0 saturated carbocycles. The van der Waals surface area contributed by atoms with E-state index < -0.39 is 17.7 Å². The van der Waals surface area contributed by atoms with E-state index in [1.54, 1.807) is 18.2 Å². The van der Waals surface area contributed by atoms with Crippen molar-refractivity contribution in [3.8, 4) is 22.9 Å². The Morgan fingerprint density at radius 1 is 1.13 bits per heavy atom. The van der Waals surface area contributed by atoms with E-state index in [9.17, 15) is 13.6 Å². The van der Waals surface area contributed by atoms with Gasteiger partial charge in [-0.05, 0) is 42.8 Å². The minimum absolute atomic E-state index is 0.0822. The van der Waals surface area contributed by atoms with Crippen LogP contribution in [-0.4, -0.2) is 35.2 Å². The number of ether oxygens (including phenoxy) is 2. The zero-order chi connectivity index (χ0) is 21.3. The maximum Gasteiger partial charge on any atom is 0.249 e. The van der Waals surface area contributed by atoms with E-state index in [4.69, 9.17) is 14.0 Å². The fraction of sp³-hybridized carbons (Fsp3) is 0.286. The molecule has 9 heteroatoms. The predicted octanol–water partition coefficient (Wildman–Crippen LogP) is 3.90. The molecule has 0 aliphatic carbocycles. The van der Waals surface area contributed by atoms with Gasteiger partial charge in [-0.15, -0.1) is 0 Å². The smallest absolute Gasteiger partial charge is 0.249 e. The number of benzene rings is 2. The number of amides is 1. The van der Waals surface area contributed by atoms with Crippen molar-refractivity contribution in [3.63, 3.8) is 0 Å². The number of carbonyl (C=O) groups is 1. The molecule has 1 saturated heterocycles. The van der Waals surface area contributed by atoms with Crippen molar-refractivity contribution in [1.82, 2.24) is 15.0 Å². The summed E-state index contributed by atoms with van der Waals surface area (Å²) in [7, 11) is 3.06. The van der Waals surface area contributed by atoms with Crippen LogP contribution in [0.15, 0.2) is 40.9 Å². The van der Waals surface area contributed by atoms with E-state index in [-0.39, 0.29) is 30.3 Å². The molecule has 7 nitrogen and oxygen atoms in total. The van der Waals surface area contributed by atoms with E-state index in [0.717, 1.165) is 18.2 Å². The van der Waals surface area contributed by atoms with E-state index >= 15 is 0 Å². The molecule has 4 rings (SSSR count). The van der Waals surface area contributed by atoms with Crippen LogP contribution in [-0.2, 0) is 11.3 Å². The van der Waals surface area contributed by atoms with Crippen molar-refractivity contribution in [1.29, 1.82) is 0 Å². The first kappa shape index (κ1) is 19.8. The van der Waals surface area contributed by atoms with Gasteiger partial charge in [-0.2, -0.15) is 4.98 Å². The lowest BCUT2D eigenvalue weighted by molar-refractivity contribution is -0.130. The molecule has 1 atom stereocenters. The molecule has 30 heavy (non-hydrogen) atoms. The minimum atomic E-state index is -0.577. The maximum atomic E-state index is 14.1. The Labute approximate surface area is 171 Å².